The van der Waals surface area contributed by atoms with E-state index in [1.807, 2.05) is 31.2 Å². The Kier molecular flexibility index (Phi) is 3.86. The van der Waals surface area contributed by atoms with Crippen LogP contribution >= 0.6 is 15.9 Å². The molecule has 0 aliphatic rings. The van der Waals surface area contributed by atoms with Gasteiger partial charge in [-0.25, -0.2) is 0 Å². The monoisotopic (exact) mass is 296 g/mol. The fraction of sp³-hybridized carbons (Fsp3) is 0.231. The van der Waals surface area contributed by atoms with Gasteiger partial charge in [-0.1, -0.05) is 12.1 Å². The Balaban J connectivity index is 2.16. The van der Waals surface area contributed by atoms with E-state index in [1.165, 1.54) is 0 Å². The van der Waals surface area contributed by atoms with Crippen LogP contribution in [0.5, 0.6) is 5.75 Å². The van der Waals surface area contributed by atoms with Crippen LogP contribution < -0.4 is 4.74 Å². The summed E-state index contributed by atoms with van der Waals surface area (Å²) in [5, 5.41) is 10.1. The van der Waals surface area contributed by atoms with Crippen molar-refractivity contribution in [1.82, 2.24) is 0 Å². The summed E-state index contributed by atoms with van der Waals surface area (Å²) in [6.45, 7) is 2.57. The number of rotatable bonds is 4. The molecule has 3 nitrogen and oxygen atoms in total. The summed E-state index contributed by atoms with van der Waals surface area (Å²) in [6.07, 6.45) is -0.753. The lowest BCUT2D eigenvalue weighted by molar-refractivity contribution is 0.187. The topological polar surface area (TPSA) is 42.6 Å². The predicted octanol–water partition coefficient (Wildman–Crippen LogP) is 3.52. The molecule has 4 heteroatoms. The van der Waals surface area contributed by atoms with Crippen molar-refractivity contribution in [2.75, 3.05) is 6.61 Å². The molecule has 1 aromatic heterocycles. The molecular weight excluding hydrogens is 284 g/mol. The fourth-order valence-corrected chi connectivity index (χ4v) is 1.87. The number of hydrogen-bond acceptors (Lipinski definition) is 3. The molecule has 0 aliphatic heterocycles. The highest BCUT2D eigenvalue weighted by Crippen LogP contribution is 2.27. The van der Waals surface area contributed by atoms with Gasteiger partial charge in [-0.15, -0.1) is 0 Å². The van der Waals surface area contributed by atoms with Crippen LogP contribution in [0.2, 0.25) is 0 Å². The SMILES string of the molecule is CCOc1ccc(C(O)c2ccc(Br)o2)cc1. The maximum Gasteiger partial charge on any atom is 0.169 e. The van der Waals surface area contributed by atoms with E-state index in [-0.39, 0.29) is 0 Å². The molecule has 0 amide bonds. The Bertz CT molecular complexity index is 476. The molecule has 1 N–H and O–H groups in total. The van der Waals surface area contributed by atoms with Crippen LogP contribution in [-0.2, 0) is 0 Å². The highest BCUT2D eigenvalue weighted by molar-refractivity contribution is 9.10. The van der Waals surface area contributed by atoms with Crippen molar-refractivity contribution in [3.8, 4) is 5.75 Å². The summed E-state index contributed by atoms with van der Waals surface area (Å²) in [5.74, 6) is 1.31. The van der Waals surface area contributed by atoms with E-state index in [2.05, 4.69) is 15.9 Å². The first kappa shape index (κ1) is 12.2. The minimum atomic E-state index is -0.753. The zero-order valence-electron chi connectivity index (χ0n) is 9.39. The number of furan rings is 1. The van der Waals surface area contributed by atoms with Gasteiger partial charge in [0, 0.05) is 0 Å². The molecule has 2 aromatic rings. The van der Waals surface area contributed by atoms with E-state index in [0.717, 1.165) is 11.3 Å². The molecular formula is C13H13BrO3. The van der Waals surface area contributed by atoms with E-state index >= 15 is 0 Å². The van der Waals surface area contributed by atoms with Crippen LogP contribution in [0, 0.1) is 0 Å². The molecule has 0 bridgehead atoms. The third kappa shape index (κ3) is 2.90. The molecule has 17 heavy (non-hydrogen) atoms. The van der Waals surface area contributed by atoms with Crippen LogP contribution in [0.25, 0.3) is 0 Å². The van der Waals surface area contributed by atoms with Gasteiger partial charge in [-0.2, -0.15) is 0 Å². The second-order valence-electron chi connectivity index (χ2n) is 3.55. The first-order valence-corrected chi connectivity index (χ1v) is 6.16. The van der Waals surface area contributed by atoms with Gasteiger partial charge < -0.3 is 14.3 Å². The highest BCUT2D eigenvalue weighted by Gasteiger charge is 2.14. The summed E-state index contributed by atoms with van der Waals surface area (Å²) in [5.41, 5.74) is 0.773. The van der Waals surface area contributed by atoms with Crippen LogP contribution in [0.1, 0.15) is 24.4 Å². The molecule has 1 atom stereocenters. The number of halogens is 1. The summed E-state index contributed by atoms with van der Waals surface area (Å²) in [4.78, 5) is 0. The summed E-state index contributed by atoms with van der Waals surface area (Å²) < 4.78 is 11.3. The minimum absolute atomic E-state index is 0.515. The maximum absolute atomic E-state index is 10.1. The molecule has 0 saturated heterocycles. The smallest absolute Gasteiger partial charge is 0.169 e. The fourth-order valence-electron chi connectivity index (χ4n) is 1.55. The lowest BCUT2D eigenvalue weighted by atomic mass is 10.1. The van der Waals surface area contributed by atoms with E-state index in [9.17, 15) is 5.11 Å². The van der Waals surface area contributed by atoms with Gasteiger partial charge in [0.1, 0.15) is 17.6 Å². The molecule has 90 valence electrons. The summed E-state index contributed by atoms with van der Waals surface area (Å²) in [6, 6.07) is 10.8. The number of hydrogen-bond donors (Lipinski definition) is 1. The Labute approximate surface area is 108 Å². The molecule has 1 aromatic carbocycles. The van der Waals surface area contributed by atoms with Gasteiger partial charge in [0.2, 0.25) is 0 Å². The van der Waals surface area contributed by atoms with Gasteiger partial charge in [-0.05, 0) is 52.7 Å². The Morgan fingerprint density at radius 2 is 1.94 bits per heavy atom. The van der Waals surface area contributed by atoms with Gasteiger partial charge >= 0.3 is 0 Å². The lowest BCUT2D eigenvalue weighted by Crippen LogP contribution is -1.98. The van der Waals surface area contributed by atoms with E-state index < -0.39 is 6.10 Å². The largest absolute Gasteiger partial charge is 0.494 e. The minimum Gasteiger partial charge on any atom is -0.494 e. The molecule has 1 heterocycles. The van der Waals surface area contributed by atoms with Crippen LogP contribution in [0.3, 0.4) is 0 Å². The normalized spacial score (nSPS) is 12.4. The van der Waals surface area contributed by atoms with Gasteiger partial charge in [-0.3, -0.25) is 0 Å². The zero-order chi connectivity index (χ0) is 12.3. The van der Waals surface area contributed by atoms with Crippen molar-refractivity contribution in [3.63, 3.8) is 0 Å². The first-order valence-electron chi connectivity index (χ1n) is 5.36. The first-order chi connectivity index (χ1) is 8.20. The Morgan fingerprint density at radius 1 is 1.24 bits per heavy atom. The number of aliphatic hydroxyl groups excluding tert-OH is 1. The molecule has 2 rings (SSSR count). The van der Waals surface area contributed by atoms with Crippen molar-refractivity contribution in [1.29, 1.82) is 0 Å². The number of ether oxygens (including phenoxy) is 1. The van der Waals surface area contributed by atoms with E-state index in [4.69, 9.17) is 9.15 Å². The van der Waals surface area contributed by atoms with Crippen LogP contribution in [0.4, 0.5) is 0 Å². The van der Waals surface area contributed by atoms with Crippen molar-refractivity contribution in [2.24, 2.45) is 0 Å². The molecule has 0 spiro atoms. The van der Waals surface area contributed by atoms with Crippen molar-refractivity contribution >= 4 is 15.9 Å². The van der Waals surface area contributed by atoms with Gasteiger partial charge in [0.25, 0.3) is 0 Å². The lowest BCUT2D eigenvalue weighted by Gasteiger charge is -2.09. The summed E-state index contributed by atoms with van der Waals surface area (Å²) in [7, 11) is 0. The van der Waals surface area contributed by atoms with Crippen LogP contribution in [0.15, 0.2) is 45.5 Å². The molecule has 0 aliphatic carbocycles. The predicted molar refractivity (Wildman–Crippen MR) is 68.1 cm³/mol. The Hall–Kier alpha value is -1.26. The van der Waals surface area contributed by atoms with Gasteiger partial charge in [0.05, 0.1) is 6.61 Å². The standard InChI is InChI=1S/C13H13BrO3/c1-2-16-10-5-3-9(4-6-10)13(15)11-7-8-12(14)17-11/h3-8,13,15H,2H2,1H3. The van der Waals surface area contributed by atoms with Crippen LogP contribution in [-0.4, -0.2) is 11.7 Å². The van der Waals surface area contributed by atoms with Crippen molar-refractivity contribution < 1.29 is 14.3 Å². The quantitative estimate of drug-likeness (QED) is 0.939. The number of benzene rings is 1. The molecule has 1 unspecified atom stereocenters. The van der Waals surface area contributed by atoms with E-state index in [0.29, 0.717) is 17.0 Å². The molecule has 0 fully saturated rings. The third-order valence-corrected chi connectivity index (χ3v) is 2.80. The number of aliphatic hydroxyl groups is 1. The summed E-state index contributed by atoms with van der Waals surface area (Å²) >= 11 is 3.21. The van der Waals surface area contributed by atoms with Crippen molar-refractivity contribution in [2.45, 2.75) is 13.0 Å². The molecule has 0 radical (unpaired) electrons. The van der Waals surface area contributed by atoms with E-state index in [1.54, 1.807) is 12.1 Å². The van der Waals surface area contributed by atoms with Crippen molar-refractivity contribution in [3.05, 3.63) is 52.4 Å². The second kappa shape index (κ2) is 5.38. The highest BCUT2D eigenvalue weighted by atomic mass is 79.9. The maximum atomic E-state index is 10.1. The van der Waals surface area contributed by atoms with Gasteiger partial charge in [0.15, 0.2) is 4.67 Å². The Morgan fingerprint density at radius 3 is 2.47 bits per heavy atom. The zero-order valence-corrected chi connectivity index (χ0v) is 11.0. The molecule has 0 saturated carbocycles. The third-order valence-electron chi connectivity index (χ3n) is 2.37. The average molecular weight is 297 g/mol. The second-order valence-corrected chi connectivity index (χ2v) is 4.33. The average Bonchev–Trinajstić information content (AvgIpc) is 2.76.